The number of imidazole rings is 1. The van der Waals surface area contributed by atoms with Crippen molar-refractivity contribution in [2.45, 2.75) is 45.8 Å². The first kappa shape index (κ1) is 23.1. The molecule has 0 radical (unpaired) electrons. The summed E-state index contributed by atoms with van der Waals surface area (Å²) in [6.07, 6.45) is 5.62. The van der Waals surface area contributed by atoms with Gasteiger partial charge in [0.05, 0.1) is 18.3 Å². The maximum Gasteiger partial charge on any atom is 0.407 e. The van der Waals surface area contributed by atoms with Gasteiger partial charge in [0.2, 0.25) is 5.95 Å². The lowest BCUT2D eigenvalue weighted by molar-refractivity contribution is 0.115. The monoisotopic (exact) mass is 477 g/mol. The molecule has 1 unspecified atom stereocenters. The first-order valence-electron chi connectivity index (χ1n) is 12.1. The number of carbonyl (C=O) groups is 1. The molecular weight excluding hydrogens is 446 g/mol. The van der Waals surface area contributed by atoms with Gasteiger partial charge < -0.3 is 29.5 Å². The number of anilines is 3. The molecule has 1 aromatic carbocycles. The fourth-order valence-corrected chi connectivity index (χ4v) is 4.76. The molecule has 0 aliphatic carbocycles. The number of benzene rings is 1. The predicted molar refractivity (Wildman–Crippen MR) is 133 cm³/mol. The van der Waals surface area contributed by atoms with E-state index in [1.54, 1.807) is 6.20 Å². The molecule has 10 heteroatoms. The Labute approximate surface area is 204 Å². The topological polar surface area (TPSA) is 109 Å². The van der Waals surface area contributed by atoms with E-state index < -0.39 is 6.09 Å². The lowest BCUT2D eigenvalue weighted by Gasteiger charge is -2.32. The minimum Gasteiger partial charge on any atom is -0.465 e. The highest BCUT2D eigenvalue weighted by Crippen LogP contribution is 2.30. The van der Waals surface area contributed by atoms with Crippen molar-refractivity contribution < 1.29 is 14.6 Å². The van der Waals surface area contributed by atoms with E-state index >= 15 is 0 Å². The Morgan fingerprint density at radius 3 is 2.77 bits per heavy atom. The van der Waals surface area contributed by atoms with Crippen LogP contribution in [0.1, 0.15) is 36.8 Å². The van der Waals surface area contributed by atoms with Gasteiger partial charge in [0.15, 0.2) is 0 Å². The summed E-state index contributed by atoms with van der Waals surface area (Å²) in [5, 5.41) is 12.9. The Bertz CT molecular complexity index is 1190. The van der Waals surface area contributed by atoms with Crippen LogP contribution in [0.2, 0.25) is 0 Å². The molecule has 4 heterocycles. The van der Waals surface area contributed by atoms with E-state index in [1.165, 1.54) is 4.90 Å². The maximum absolute atomic E-state index is 11.7. The summed E-state index contributed by atoms with van der Waals surface area (Å²) >= 11 is 0. The van der Waals surface area contributed by atoms with Gasteiger partial charge in [-0.25, -0.2) is 14.8 Å². The molecule has 1 atom stereocenters. The summed E-state index contributed by atoms with van der Waals surface area (Å²) in [7, 11) is 0. The molecule has 2 N–H and O–H groups in total. The summed E-state index contributed by atoms with van der Waals surface area (Å²) in [6.45, 7) is 7.04. The van der Waals surface area contributed by atoms with Crippen LogP contribution in [-0.4, -0.2) is 68.0 Å². The van der Waals surface area contributed by atoms with Crippen LogP contribution < -0.4 is 10.2 Å². The number of amides is 1. The minimum atomic E-state index is -0.917. The van der Waals surface area contributed by atoms with Crippen molar-refractivity contribution in [2.24, 2.45) is 0 Å². The quantitative estimate of drug-likeness (QED) is 0.530. The molecule has 2 aliphatic rings. The SMILES string of the molecule is CCN(CC1CCCO1)c1nc(Nc2ccc(-n3ccnc3C)cc2)nc2c1CN(C(=O)O)CC2. The molecule has 0 spiro atoms. The Kier molecular flexibility index (Phi) is 6.54. The largest absolute Gasteiger partial charge is 0.465 e. The van der Waals surface area contributed by atoms with Gasteiger partial charge in [0, 0.05) is 62.0 Å². The molecule has 0 saturated carbocycles. The highest BCUT2D eigenvalue weighted by Gasteiger charge is 2.29. The molecule has 35 heavy (non-hydrogen) atoms. The molecule has 184 valence electrons. The smallest absolute Gasteiger partial charge is 0.407 e. The summed E-state index contributed by atoms with van der Waals surface area (Å²) in [4.78, 5) is 29.2. The molecule has 2 aromatic heterocycles. The van der Waals surface area contributed by atoms with E-state index in [1.807, 2.05) is 42.0 Å². The summed E-state index contributed by atoms with van der Waals surface area (Å²) in [5.41, 5.74) is 3.68. The van der Waals surface area contributed by atoms with Crippen LogP contribution in [0.15, 0.2) is 36.7 Å². The molecule has 1 saturated heterocycles. The first-order valence-corrected chi connectivity index (χ1v) is 12.1. The fraction of sp³-hybridized carbons (Fsp3) is 0.440. The predicted octanol–water partition coefficient (Wildman–Crippen LogP) is 3.76. The molecule has 2 aliphatic heterocycles. The van der Waals surface area contributed by atoms with E-state index in [9.17, 15) is 9.90 Å². The molecular formula is C25H31N7O3. The average Bonchev–Trinajstić information content (AvgIpc) is 3.54. The van der Waals surface area contributed by atoms with Gasteiger partial charge in [0.1, 0.15) is 11.6 Å². The molecule has 5 rings (SSSR count). The van der Waals surface area contributed by atoms with Crippen molar-refractivity contribution in [3.63, 3.8) is 0 Å². The minimum absolute atomic E-state index is 0.162. The van der Waals surface area contributed by atoms with Gasteiger partial charge in [-0.3, -0.25) is 0 Å². The highest BCUT2D eigenvalue weighted by molar-refractivity contribution is 5.67. The fourth-order valence-electron chi connectivity index (χ4n) is 4.76. The van der Waals surface area contributed by atoms with Crippen molar-refractivity contribution in [3.8, 4) is 5.69 Å². The normalized spacial score (nSPS) is 17.3. The zero-order chi connectivity index (χ0) is 24.4. The van der Waals surface area contributed by atoms with Gasteiger partial charge in [-0.05, 0) is 51.0 Å². The van der Waals surface area contributed by atoms with Crippen molar-refractivity contribution in [1.82, 2.24) is 24.4 Å². The van der Waals surface area contributed by atoms with Crippen LogP contribution in [0.5, 0.6) is 0 Å². The van der Waals surface area contributed by atoms with Crippen LogP contribution in [0, 0.1) is 6.92 Å². The Morgan fingerprint density at radius 1 is 1.29 bits per heavy atom. The lowest BCUT2D eigenvalue weighted by atomic mass is 10.1. The lowest BCUT2D eigenvalue weighted by Crippen LogP contribution is -2.39. The second kappa shape index (κ2) is 9.91. The zero-order valence-corrected chi connectivity index (χ0v) is 20.1. The summed E-state index contributed by atoms with van der Waals surface area (Å²) in [6, 6.07) is 8.04. The number of aryl methyl sites for hydroxylation is 1. The average molecular weight is 478 g/mol. The number of nitrogens with one attached hydrogen (secondary N) is 1. The van der Waals surface area contributed by atoms with Crippen molar-refractivity contribution in [3.05, 3.63) is 53.7 Å². The summed E-state index contributed by atoms with van der Waals surface area (Å²) < 4.78 is 7.90. The Morgan fingerprint density at radius 2 is 2.11 bits per heavy atom. The number of rotatable bonds is 7. The van der Waals surface area contributed by atoms with Crippen LogP contribution in [0.4, 0.5) is 22.2 Å². The molecule has 1 amide bonds. The molecule has 0 bridgehead atoms. The van der Waals surface area contributed by atoms with E-state index in [0.717, 1.165) is 66.8 Å². The van der Waals surface area contributed by atoms with Gasteiger partial charge in [-0.15, -0.1) is 0 Å². The van der Waals surface area contributed by atoms with E-state index in [2.05, 4.69) is 22.1 Å². The van der Waals surface area contributed by atoms with E-state index in [-0.39, 0.29) is 6.10 Å². The zero-order valence-electron chi connectivity index (χ0n) is 20.1. The summed E-state index contributed by atoms with van der Waals surface area (Å²) in [5.74, 6) is 2.22. The number of nitrogens with zero attached hydrogens (tertiary/aromatic N) is 6. The van der Waals surface area contributed by atoms with E-state index in [4.69, 9.17) is 14.7 Å². The Hall–Kier alpha value is -3.66. The van der Waals surface area contributed by atoms with E-state index in [0.29, 0.717) is 25.5 Å². The third-order valence-electron chi connectivity index (χ3n) is 6.67. The number of ether oxygens (including phenoxy) is 1. The number of hydrogen-bond donors (Lipinski definition) is 2. The van der Waals surface area contributed by atoms with Gasteiger partial charge in [0.25, 0.3) is 0 Å². The molecule has 10 nitrogen and oxygen atoms in total. The maximum atomic E-state index is 11.7. The standard InChI is InChI=1S/C25H31N7O3/c1-3-30(15-20-5-4-14-35-20)23-21-16-31(25(33)34)12-10-22(21)28-24(29-23)27-18-6-8-19(9-7-18)32-13-11-26-17(32)2/h6-9,11,13,20H,3-5,10,12,14-16H2,1-2H3,(H,33,34)(H,27,28,29). The van der Waals surface area contributed by atoms with Crippen LogP contribution in [0.25, 0.3) is 5.69 Å². The Balaban J connectivity index is 1.44. The third kappa shape index (κ3) is 4.93. The first-order chi connectivity index (χ1) is 17.0. The molecule has 1 fully saturated rings. The van der Waals surface area contributed by atoms with Crippen LogP contribution >= 0.6 is 0 Å². The van der Waals surface area contributed by atoms with Crippen LogP contribution in [0.3, 0.4) is 0 Å². The van der Waals surface area contributed by atoms with Gasteiger partial charge >= 0.3 is 6.09 Å². The van der Waals surface area contributed by atoms with Crippen molar-refractivity contribution in [1.29, 1.82) is 0 Å². The van der Waals surface area contributed by atoms with Crippen LogP contribution in [-0.2, 0) is 17.7 Å². The second-order valence-electron chi connectivity index (χ2n) is 8.94. The highest BCUT2D eigenvalue weighted by atomic mass is 16.5. The number of likely N-dealkylation sites (N-methyl/N-ethyl adjacent to an activating group) is 1. The second-order valence-corrected chi connectivity index (χ2v) is 8.94. The van der Waals surface area contributed by atoms with Crippen molar-refractivity contribution in [2.75, 3.05) is 36.5 Å². The number of hydrogen-bond acceptors (Lipinski definition) is 7. The molecule has 3 aromatic rings. The number of aromatic nitrogens is 4. The number of fused-ring (bicyclic) bond motifs is 1. The van der Waals surface area contributed by atoms with Gasteiger partial charge in [-0.1, -0.05) is 0 Å². The van der Waals surface area contributed by atoms with Crippen molar-refractivity contribution >= 4 is 23.5 Å². The third-order valence-corrected chi connectivity index (χ3v) is 6.67. The number of carboxylic acid groups (broad SMARTS) is 1. The van der Waals surface area contributed by atoms with Gasteiger partial charge in [-0.2, -0.15) is 4.98 Å².